The molecular formula is C24H30FN3O. The molecule has 1 unspecified atom stereocenters. The van der Waals surface area contributed by atoms with Gasteiger partial charge in [-0.3, -0.25) is 0 Å². The van der Waals surface area contributed by atoms with Crippen LogP contribution in [0.2, 0.25) is 0 Å². The molecule has 0 aromatic heterocycles. The van der Waals surface area contributed by atoms with Crippen LogP contribution in [0.25, 0.3) is 0 Å². The average Bonchev–Trinajstić information content (AvgIpc) is 3.20. The van der Waals surface area contributed by atoms with Gasteiger partial charge in [0.15, 0.2) is 0 Å². The number of para-hydroxylation sites is 1. The van der Waals surface area contributed by atoms with Gasteiger partial charge in [-0.25, -0.2) is 9.18 Å². The van der Waals surface area contributed by atoms with E-state index in [9.17, 15) is 9.18 Å². The van der Waals surface area contributed by atoms with Crippen molar-refractivity contribution in [2.75, 3.05) is 31.5 Å². The zero-order valence-corrected chi connectivity index (χ0v) is 16.9. The summed E-state index contributed by atoms with van der Waals surface area (Å²) in [4.78, 5) is 17.2. The number of nitrogens with zero attached hydrogens (tertiary/aromatic N) is 2. The fourth-order valence-electron chi connectivity index (χ4n) is 4.63. The second kappa shape index (κ2) is 9.40. The fraction of sp³-hybridized carbons (Fsp3) is 0.458. The second-order valence-corrected chi connectivity index (χ2v) is 8.36. The molecule has 5 heteroatoms. The molecule has 29 heavy (non-hydrogen) atoms. The van der Waals surface area contributed by atoms with E-state index in [1.54, 1.807) is 12.1 Å². The van der Waals surface area contributed by atoms with Crippen LogP contribution in [0.15, 0.2) is 54.6 Å². The van der Waals surface area contributed by atoms with Crippen LogP contribution in [-0.2, 0) is 6.42 Å². The molecule has 2 aromatic rings. The minimum atomic E-state index is -0.166. The largest absolute Gasteiger partial charge is 0.322 e. The minimum absolute atomic E-state index is 0.0184. The number of nitrogens with one attached hydrogen (secondary N) is 1. The van der Waals surface area contributed by atoms with Crippen LogP contribution in [0.4, 0.5) is 14.9 Å². The third-order valence-corrected chi connectivity index (χ3v) is 6.28. The SMILES string of the molecule is O=C(Nc1ccccc1)N1CCCC1CN1CCC(Cc2ccc(F)cc2)CC1. The molecule has 4 nitrogen and oxygen atoms in total. The number of carbonyl (C=O) groups is 1. The highest BCUT2D eigenvalue weighted by atomic mass is 19.1. The van der Waals surface area contributed by atoms with Crippen molar-refractivity contribution in [2.24, 2.45) is 5.92 Å². The Hall–Kier alpha value is -2.40. The Morgan fingerprint density at radius 3 is 2.41 bits per heavy atom. The first-order chi connectivity index (χ1) is 14.2. The molecule has 2 saturated heterocycles. The molecular weight excluding hydrogens is 365 g/mol. The molecule has 2 amide bonds. The van der Waals surface area contributed by atoms with Gasteiger partial charge in [0.05, 0.1) is 0 Å². The van der Waals surface area contributed by atoms with Crippen LogP contribution >= 0.6 is 0 Å². The van der Waals surface area contributed by atoms with Gasteiger partial charge in [0.25, 0.3) is 0 Å². The van der Waals surface area contributed by atoms with Gasteiger partial charge in [-0.15, -0.1) is 0 Å². The predicted octanol–water partition coefficient (Wildman–Crippen LogP) is 4.78. The topological polar surface area (TPSA) is 35.6 Å². The maximum Gasteiger partial charge on any atom is 0.322 e. The summed E-state index contributed by atoms with van der Waals surface area (Å²) in [6.45, 7) is 3.96. The summed E-state index contributed by atoms with van der Waals surface area (Å²) in [5, 5.41) is 3.03. The van der Waals surface area contributed by atoms with Crippen molar-refractivity contribution >= 4 is 11.7 Å². The first-order valence-corrected chi connectivity index (χ1v) is 10.8. The molecule has 0 aliphatic carbocycles. The van der Waals surface area contributed by atoms with Gasteiger partial charge in [0.2, 0.25) is 0 Å². The van der Waals surface area contributed by atoms with E-state index in [-0.39, 0.29) is 11.8 Å². The van der Waals surface area contributed by atoms with Crippen LogP contribution in [0.5, 0.6) is 0 Å². The average molecular weight is 396 g/mol. The molecule has 0 radical (unpaired) electrons. The summed E-state index contributed by atoms with van der Waals surface area (Å²) in [5.41, 5.74) is 2.08. The van der Waals surface area contributed by atoms with Gasteiger partial charge in [-0.05, 0) is 80.9 Å². The summed E-state index contributed by atoms with van der Waals surface area (Å²) in [7, 11) is 0. The molecule has 1 atom stereocenters. The Kier molecular flexibility index (Phi) is 6.45. The molecule has 0 saturated carbocycles. The molecule has 154 valence electrons. The smallest absolute Gasteiger partial charge is 0.320 e. The van der Waals surface area contributed by atoms with E-state index in [4.69, 9.17) is 0 Å². The van der Waals surface area contributed by atoms with Crippen LogP contribution in [0.3, 0.4) is 0 Å². The van der Waals surface area contributed by atoms with Crippen molar-refractivity contribution in [3.63, 3.8) is 0 Å². The summed E-state index contributed by atoms with van der Waals surface area (Å²) < 4.78 is 13.1. The lowest BCUT2D eigenvalue weighted by atomic mass is 9.90. The van der Waals surface area contributed by atoms with Crippen LogP contribution in [0, 0.1) is 11.7 Å². The number of amides is 2. The van der Waals surface area contributed by atoms with Crippen molar-refractivity contribution in [2.45, 2.75) is 38.1 Å². The van der Waals surface area contributed by atoms with E-state index in [1.165, 1.54) is 18.4 Å². The molecule has 0 spiro atoms. The highest BCUT2D eigenvalue weighted by Crippen LogP contribution is 2.25. The Morgan fingerprint density at radius 2 is 1.69 bits per heavy atom. The first kappa shape index (κ1) is 19.9. The maximum absolute atomic E-state index is 13.1. The monoisotopic (exact) mass is 395 g/mol. The Labute approximate surface area is 172 Å². The Morgan fingerprint density at radius 1 is 0.966 bits per heavy atom. The van der Waals surface area contributed by atoms with Crippen molar-refractivity contribution in [1.29, 1.82) is 0 Å². The van der Waals surface area contributed by atoms with Gasteiger partial charge in [-0.1, -0.05) is 30.3 Å². The number of carbonyl (C=O) groups excluding carboxylic acids is 1. The minimum Gasteiger partial charge on any atom is -0.320 e. The molecule has 2 aliphatic heterocycles. The number of rotatable bonds is 5. The predicted molar refractivity (Wildman–Crippen MR) is 114 cm³/mol. The molecule has 2 heterocycles. The lowest BCUT2D eigenvalue weighted by Gasteiger charge is -2.35. The zero-order valence-electron chi connectivity index (χ0n) is 16.9. The van der Waals surface area contributed by atoms with Gasteiger partial charge >= 0.3 is 6.03 Å². The van der Waals surface area contributed by atoms with Gasteiger partial charge in [0, 0.05) is 24.8 Å². The molecule has 4 rings (SSSR count). The Bertz CT molecular complexity index is 788. The number of benzene rings is 2. The van der Waals surface area contributed by atoms with E-state index in [0.29, 0.717) is 12.0 Å². The fourth-order valence-corrected chi connectivity index (χ4v) is 4.63. The number of hydrogen-bond donors (Lipinski definition) is 1. The van der Waals surface area contributed by atoms with Gasteiger partial charge < -0.3 is 15.1 Å². The van der Waals surface area contributed by atoms with Gasteiger partial charge in [-0.2, -0.15) is 0 Å². The third kappa shape index (κ3) is 5.36. The normalized spacial score (nSPS) is 20.7. The van der Waals surface area contributed by atoms with E-state index >= 15 is 0 Å². The van der Waals surface area contributed by atoms with E-state index < -0.39 is 0 Å². The number of piperidine rings is 1. The van der Waals surface area contributed by atoms with Crippen molar-refractivity contribution in [1.82, 2.24) is 9.80 Å². The number of halogens is 1. The second-order valence-electron chi connectivity index (χ2n) is 8.36. The summed E-state index contributed by atoms with van der Waals surface area (Å²) in [5.74, 6) is 0.499. The van der Waals surface area contributed by atoms with Crippen molar-refractivity contribution in [3.8, 4) is 0 Å². The highest BCUT2D eigenvalue weighted by molar-refractivity contribution is 5.89. The molecule has 1 N–H and O–H groups in total. The Balaban J connectivity index is 1.25. The molecule has 2 fully saturated rings. The van der Waals surface area contributed by atoms with Crippen molar-refractivity contribution < 1.29 is 9.18 Å². The molecule has 2 aliphatic rings. The zero-order chi connectivity index (χ0) is 20.1. The van der Waals surface area contributed by atoms with Crippen LogP contribution in [-0.4, -0.2) is 48.1 Å². The quantitative estimate of drug-likeness (QED) is 0.791. The molecule has 0 bridgehead atoms. The number of urea groups is 1. The standard InChI is InChI=1S/C24H30FN3O/c25-21-10-8-19(9-11-21)17-20-12-15-27(16-13-20)18-23-7-4-14-28(23)24(29)26-22-5-2-1-3-6-22/h1-3,5-6,8-11,20,23H,4,7,12-18H2,(H,26,29). The van der Waals surface area contributed by atoms with Crippen molar-refractivity contribution in [3.05, 3.63) is 66.0 Å². The summed E-state index contributed by atoms with van der Waals surface area (Å²) >= 11 is 0. The number of likely N-dealkylation sites (tertiary alicyclic amines) is 2. The number of hydrogen-bond acceptors (Lipinski definition) is 2. The van der Waals surface area contributed by atoms with Crippen LogP contribution < -0.4 is 5.32 Å². The number of anilines is 1. The third-order valence-electron chi connectivity index (χ3n) is 6.28. The summed E-state index contributed by atoms with van der Waals surface area (Å²) in [6, 6.07) is 16.9. The van der Waals surface area contributed by atoms with E-state index in [2.05, 4.69) is 10.2 Å². The molecule has 2 aromatic carbocycles. The van der Waals surface area contributed by atoms with Gasteiger partial charge in [0.1, 0.15) is 5.82 Å². The van der Waals surface area contributed by atoms with Crippen LogP contribution in [0.1, 0.15) is 31.2 Å². The maximum atomic E-state index is 13.1. The lowest BCUT2D eigenvalue weighted by Crippen LogP contribution is -2.47. The first-order valence-electron chi connectivity index (χ1n) is 10.8. The summed E-state index contributed by atoms with van der Waals surface area (Å²) in [6.07, 6.45) is 5.52. The van der Waals surface area contributed by atoms with E-state index in [0.717, 1.165) is 51.1 Å². The highest BCUT2D eigenvalue weighted by Gasteiger charge is 2.31. The lowest BCUT2D eigenvalue weighted by molar-refractivity contribution is 0.141. The van der Waals surface area contributed by atoms with E-state index in [1.807, 2.05) is 47.4 Å².